The minimum atomic E-state index is -0.382. The van der Waals surface area contributed by atoms with E-state index in [-0.39, 0.29) is 17.4 Å². The summed E-state index contributed by atoms with van der Waals surface area (Å²) >= 11 is 0. The lowest BCUT2D eigenvalue weighted by Gasteiger charge is -2.32. The summed E-state index contributed by atoms with van der Waals surface area (Å²) in [5, 5.41) is 0. The van der Waals surface area contributed by atoms with E-state index >= 15 is 0 Å². The van der Waals surface area contributed by atoms with E-state index in [1.54, 1.807) is 0 Å². The van der Waals surface area contributed by atoms with E-state index in [1.807, 2.05) is 18.9 Å². The molecule has 1 fully saturated rings. The second-order valence-electron chi connectivity index (χ2n) is 6.97. The van der Waals surface area contributed by atoms with Crippen LogP contribution in [0.25, 0.3) is 0 Å². The van der Waals surface area contributed by atoms with Gasteiger partial charge in [0.25, 0.3) is 0 Å². The highest BCUT2D eigenvalue weighted by molar-refractivity contribution is 5.83. The molecular formula is C18H28N2O. The summed E-state index contributed by atoms with van der Waals surface area (Å²) < 4.78 is 0. The molecule has 0 aliphatic heterocycles. The molecule has 2 N–H and O–H groups in total. The first-order valence-electron chi connectivity index (χ1n) is 7.94. The maximum absolute atomic E-state index is 12.7. The molecular weight excluding hydrogens is 260 g/mol. The average molecular weight is 288 g/mol. The molecule has 2 rings (SSSR count). The van der Waals surface area contributed by atoms with Crippen molar-refractivity contribution in [3.63, 3.8) is 0 Å². The van der Waals surface area contributed by atoms with E-state index in [2.05, 4.69) is 38.1 Å². The minimum absolute atomic E-state index is 0.00392. The number of carbonyl (C=O) groups is 1. The van der Waals surface area contributed by atoms with Gasteiger partial charge in [-0.15, -0.1) is 0 Å². The smallest absolute Gasteiger partial charge is 0.230 e. The van der Waals surface area contributed by atoms with Crippen molar-refractivity contribution in [2.45, 2.75) is 58.5 Å². The van der Waals surface area contributed by atoms with E-state index in [1.165, 1.54) is 11.1 Å². The number of hydrogen-bond donors (Lipinski definition) is 1. The van der Waals surface area contributed by atoms with Gasteiger partial charge in [-0.2, -0.15) is 0 Å². The van der Waals surface area contributed by atoms with Crippen LogP contribution in [-0.2, 0) is 11.3 Å². The van der Waals surface area contributed by atoms with Crippen LogP contribution in [0.4, 0.5) is 0 Å². The summed E-state index contributed by atoms with van der Waals surface area (Å²) in [5.74, 6) is 0.717. The van der Waals surface area contributed by atoms with Gasteiger partial charge in [0.05, 0.1) is 5.41 Å². The number of benzene rings is 1. The number of hydrogen-bond acceptors (Lipinski definition) is 2. The van der Waals surface area contributed by atoms with Crippen LogP contribution in [0.15, 0.2) is 24.3 Å². The van der Waals surface area contributed by atoms with Gasteiger partial charge in [-0.3, -0.25) is 4.79 Å². The van der Waals surface area contributed by atoms with Gasteiger partial charge >= 0.3 is 0 Å². The summed E-state index contributed by atoms with van der Waals surface area (Å²) in [6, 6.07) is 8.55. The van der Waals surface area contributed by atoms with Crippen LogP contribution in [0.1, 0.15) is 57.1 Å². The van der Waals surface area contributed by atoms with Crippen LogP contribution in [0.2, 0.25) is 0 Å². The molecule has 1 aromatic rings. The second kappa shape index (κ2) is 6.18. The fourth-order valence-electron chi connectivity index (χ4n) is 3.25. The Kier molecular flexibility index (Phi) is 4.72. The zero-order valence-corrected chi connectivity index (χ0v) is 13.7. The molecule has 0 saturated heterocycles. The van der Waals surface area contributed by atoms with Crippen molar-refractivity contribution in [1.29, 1.82) is 0 Å². The van der Waals surface area contributed by atoms with E-state index in [0.29, 0.717) is 12.5 Å². The molecule has 2 atom stereocenters. The maximum Gasteiger partial charge on any atom is 0.230 e. The quantitative estimate of drug-likeness (QED) is 0.924. The molecule has 3 nitrogen and oxygen atoms in total. The fourth-order valence-corrected chi connectivity index (χ4v) is 3.25. The Labute approximate surface area is 128 Å². The number of amides is 1. The Morgan fingerprint density at radius 1 is 1.38 bits per heavy atom. The van der Waals surface area contributed by atoms with Crippen molar-refractivity contribution < 1.29 is 4.79 Å². The lowest BCUT2D eigenvalue weighted by atomic mass is 9.83. The van der Waals surface area contributed by atoms with Crippen molar-refractivity contribution in [1.82, 2.24) is 4.90 Å². The van der Waals surface area contributed by atoms with Crippen molar-refractivity contribution in [2.75, 3.05) is 7.05 Å². The van der Waals surface area contributed by atoms with Crippen molar-refractivity contribution >= 4 is 5.91 Å². The van der Waals surface area contributed by atoms with E-state index in [9.17, 15) is 4.79 Å². The zero-order valence-electron chi connectivity index (χ0n) is 13.7. The molecule has 1 amide bonds. The molecule has 0 heterocycles. The summed E-state index contributed by atoms with van der Waals surface area (Å²) in [6.45, 7) is 7.05. The van der Waals surface area contributed by atoms with Gasteiger partial charge in [0, 0.05) is 19.6 Å². The topological polar surface area (TPSA) is 46.3 Å². The van der Waals surface area contributed by atoms with Crippen LogP contribution < -0.4 is 5.73 Å². The van der Waals surface area contributed by atoms with Crippen LogP contribution in [0.5, 0.6) is 0 Å². The molecule has 1 saturated carbocycles. The van der Waals surface area contributed by atoms with Crippen LogP contribution in [-0.4, -0.2) is 23.9 Å². The van der Waals surface area contributed by atoms with Gasteiger partial charge in [0.15, 0.2) is 0 Å². The Bertz CT molecular complexity index is 494. The first kappa shape index (κ1) is 16.0. The number of nitrogens with two attached hydrogens (primary N) is 1. The third-order valence-electron chi connectivity index (χ3n) is 4.93. The summed E-state index contributed by atoms with van der Waals surface area (Å²) in [6.07, 6.45) is 2.92. The molecule has 0 aromatic heterocycles. The number of nitrogens with zero attached hydrogens (tertiary/aromatic N) is 1. The Morgan fingerprint density at radius 2 is 2.00 bits per heavy atom. The molecule has 1 aromatic carbocycles. The van der Waals surface area contributed by atoms with Gasteiger partial charge in [-0.05, 0) is 36.8 Å². The van der Waals surface area contributed by atoms with E-state index in [4.69, 9.17) is 5.73 Å². The summed E-state index contributed by atoms with van der Waals surface area (Å²) in [7, 11) is 1.88. The Hall–Kier alpha value is -1.35. The molecule has 3 heteroatoms. The number of rotatable bonds is 4. The summed E-state index contributed by atoms with van der Waals surface area (Å²) in [5.41, 5.74) is 8.27. The van der Waals surface area contributed by atoms with Gasteiger partial charge in [0.1, 0.15) is 0 Å². The van der Waals surface area contributed by atoms with Gasteiger partial charge < -0.3 is 10.6 Å². The fraction of sp³-hybridized carbons (Fsp3) is 0.611. The minimum Gasteiger partial charge on any atom is -0.341 e. The molecule has 0 spiro atoms. The van der Waals surface area contributed by atoms with Gasteiger partial charge in [-0.1, -0.05) is 44.5 Å². The van der Waals surface area contributed by atoms with Crippen LogP contribution >= 0.6 is 0 Å². The number of carbonyl (C=O) groups excluding carboxylic acids is 1. The third kappa shape index (κ3) is 3.29. The molecule has 1 aliphatic carbocycles. The monoisotopic (exact) mass is 288 g/mol. The van der Waals surface area contributed by atoms with E-state index < -0.39 is 0 Å². The average Bonchev–Trinajstić information content (AvgIpc) is 2.79. The highest BCUT2D eigenvalue weighted by atomic mass is 16.2. The lowest BCUT2D eigenvalue weighted by molar-refractivity contribution is -0.140. The maximum atomic E-state index is 12.7. The first-order chi connectivity index (χ1) is 9.84. The largest absolute Gasteiger partial charge is 0.341 e. The zero-order chi connectivity index (χ0) is 15.6. The van der Waals surface area contributed by atoms with Crippen molar-refractivity contribution in [3.8, 4) is 0 Å². The van der Waals surface area contributed by atoms with Gasteiger partial charge in [-0.25, -0.2) is 0 Å². The molecule has 116 valence electrons. The standard InChI is InChI=1S/C18H28N2O/c1-13(2)15-9-7-14(8-10-15)12-20(4)17(21)18(3)11-5-6-16(18)19/h7-10,13,16H,5-6,11-12,19H2,1-4H3. The predicted octanol–water partition coefficient (Wildman–Crippen LogP) is 3.29. The summed E-state index contributed by atoms with van der Waals surface area (Å²) in [4.78, 5) is 14.5. The SMILES string of the molecule is CC(C)c1ccc(CN(C)C(=O)C2(C)CCCC2N)cc1. The highest BCUT2D eigenvalue weighted by Gasteiger charge is 2.44. The molecule has 21 heavy (non-hydrogen) atoms. The van der Waals surface area contributed by atoms with Crippen molar-refractivity contribution in [3.05, 3.63) is 35.4 Å². The molecule has 0 radical (unpaired) electrons. The lowest BCUT2D eigenvalue weighted by Crippen LogP contribution is -2.47. The molecule has 0 bridgehead atoms. The first-order valence-corrected chi connectivity index (χ1v) is 7.94. The molecule has 2 unspecified atom stereocenters. The van der Waals surface area contributed by atoms with E-state index in [0.717, 1.165) is 19.3 Å². The highest BCUT2D eigenvalue weighted by Crippen LogP contribution is 2.38. The Balaban J connectivity index is 2.04. The van der Waals surface area contributed by atoms with Gasteiger partial charge in [0.2, 0.25) is 5.91 Å². The predicted molar refractivity (Wildman–Crippen MR) is 86.9 cm³/mol. The van der Waals surface area contributed by atoms with Crippen LogP contribution in [0, 0.1) is 5.41 Å². The van der Waals surface area contributed by atoms with Crippen molar-refractivity contribution in [2.24, 2.45) is 11.1 Å². The Morgan fingerprint density at radius 3 is 2.48 bits per heavy atom. The molecule has 1 aliphatic rings. The normalized spacial score (nSPS) is 25.3. The third-order valence-corrected chi connectivity index (χ3v) is 4.93. The second-order valence-corrected chi connectivity index (χ2v) is 6.97. The van der Waals surface area contributed by atoms with Crippen LogP contribution in [0.3, 0.4) is 0 Å².